The average molecular weight is 245 g/mol. The van der Waals surface area contributed by atoms with Crippen LogP contribution in [0.25, 0.3) is 0 Å². The second kappa shape index (κ2) is 5.78. The molecule has 0 saturated carbocycles. The number of aryl methyl sites for hydroxylation is 1. The van der Waals surface area contributed by atoms with Crippen molar-refractivity contribution < 1.29 is 0 Å². The van der Waals surface area contributed by atoms with Crippen molar-refractivity contribution in [3.8, 4) is 6.07 Å². The Bertz CT molecular complexity index is 451. The molecule has 0 amide bonds. The van der Waals surface area contributed by atoms with Gasteiger partial charge in [-0.15, -0.1) is 0 Å². The molecule has 0 aliphatic carbocycles. The van der Waals surface area contributed by atoms with E-state index in [0.717, 1.165) is 24.7 Å². The van der Waals surface area contributed by atoms with Crippen LogP contribution in [-0.2, 0) is 0 Å². The number of rotatable bonds is 4. The minimum absolute atomic E-state index is 0.422. The molecule has 0 radical (unpaired) electrons. The van der Waals surface area contributed by atoms with E-state index < -0.39 is 0 Å². The highest BCUT2D eigenvalue weighted by Gasteiger charge is 2.18. The Morgan fingerprint density at radius 3 is 3.06 bits per heavy atom. The predicted octanol–water partition coefficient (Wildman–Crippen LogP) is 1.41. The number of hydrogen-bond donors (Lipinski definition) is 1. The summed E-state index contributed by atoms with van der Waals surface area (Å²) in [6.45, 7) is 5.10. The summed E-state index contributed by atoms with van der Waals surface area (Å²) in [6, 6.07) is 3.75. The molecule has 96 valence electrons. The monoisotopic (exact) mass is 245 g/mol. The van der Waals surface area contributed by atoms with Gasteiger partial charge in [0.15, 0.2) is 0 Å². The zero-order chi connectivity index (χ0) is 13.0. The lowest BCUT2D eigenvalue weighted by molar-refractivity contribution is 0.390. The normalized spacial score (nSPS) is 19.7. The largest absolute Gasteiger partial charge is 0.370 e. The zero-order valence-corrected chi connectivity index (χ0v) is 11.0. The number of nitrogens with zero attached hydrogens (tertiary/aromatic N) is 4. The number of likely N-dealkylation sites (tertiary alicyclic amines) is 1. The van der Waals surface area contributed by atoms with Gasteiger partial charge in [-0.05, 0) is 39.3 Å². The number of anilines is 1. The topological polar surface area (TPSA) is 64.8 Å². The van der Waals surface area contributed by atoms with E-state index in [4.69, 9.17) is 5.26 Å². The molecular formula is C13H19N5. The lowest BCUT2D eigenvalue weighted by Crippen LogP contribution is -2.16. The van der Waals surface area contributed by atoms with Crippen molar-refractivity contribution in [2.75, 3.05) is 32.0 Å². The quantitative estimate of drug-likeness (QED) is 0.869. The van der Waals surface area contributed by atoms with E-state index in [2.05, 4.69) is 27.2 Å². The van der Waals surface area contributed by atoms with Gasteiger partial charge in [0.25, 0.3) is 0 Å². The maximum Gasteiger partial charge on any atom is 0.146 e. The minimum atomic E-state index is 0.422. The molecule has 1 N–H and O–H groups in total. The Morgan fingerprint density at radius 2 is 2.39 bits per heavy atom. The first-order chi connectivity index (χ1) is 8.67. The molecule has 1 aliphatic heterocycles. The minimum Gasteiger partial charge on any atom is -0.370 e. The van der Waals surface area contributed by atoms with Gasteiger partial charge in [-0.1, -0.05) is 0 Å². The van der Waals surface area contributed by atoms with Crippen molar-refractivity contribution in [2.24, 2.45) is 5.92 Å². The highest BCUT2D eigenvalue weighted by atomic mass is 15.1. The van der Waals surface area contributed by atoms with E-state index in [9.17, 15) is 0 Å². The summed E-state index contributed by atoms with van der Waals surface area (Å²) in [5, 5.41) is 12.1. The van der Waals surface area contributed by atoms with Crippen LogP contribution in [0.4, 0.5) is 5.82 Å². The molecule has 18 heavy (non-hydrogen) atoms. The van der Waals surface area contributed by atoms with Gasteiger partial charge in [-0.25, -0.2) is 9.97 Å². The maximum absolute atomic E-state index is 8.84. The molecule has 5 nitrogen and oxygen atoms in total. The van der Waals surface area contributed by atoms with Gasteiger partial charge in [0.05, 0.1) is 0 Å². The fourth-order valence-electron chi connectivity index (χ4n) is 2.38. The molecule has 1 aliphatic rings. The van der Waals surface area contributed by atoms with Crippen LogP contribution in [0.5, 0.6) is 0 Å². The first kappa shape index (κ1) is 12.8. The van der Waals surface area contributed by atoms with Gasteiger partial charge in [0.2, 0.25) is 0 Å². The van der Waals surface area contributed by atoms with Gasteiger partial charge in [-0.2, -0.15) is 5.26 Å². The second-order valence-corrected chi connectivity index (χ2v) is 4.93. The molecule has 1 unspecified atom stereocenters. The maximum atomic E-state index is 8.84. The van der Waals surface area contributed by atoms with Gasteiger partial charge < -0.3 is 10.2 Å². The number of nitriles is 1. The fourth-order valence-corrected chi connectivity index (χ4v) is 2.38. The van der Waals surface area contributed by atoms with Crippen LogP contribution >= 0.6 is 0 Å². The highest BCUT2D eigenvalue weighted by molar-refractivity contribution is 5.39. The Labute approximate surface area is 108 Å². The first-order valence-electron chi connectivity index (χ1n) is 6.35. The van der Waals surface area contributed by atoms with Crippen molar-refractivity contribution in [3.63, 3.8) is 0 Å². The Morgan fingerprint density at radius 1 is 1.56 bits per heavy atom. The summed E-state index contributed by atoms with van der Waals surface area (Å²) in [5.74, 6) is 2.17. The number of nitrogens with one attached hydrogen (secondary N) is 1. The van der Waals surface area contributed by atoms with Crippen LogP contribution in [0.15, 0.2) is 6.07 Å². The molecule has 0 spiro atoms. The van der Waals surface area contributed by atoms with Crippen molar-refractivity contribution in [3.05, 3.63) is 17.6 Å². The van der Waals surface area contributed by atoms with Crippen LogP contribution < -0.4 is 5.32 Å². The van der Waals surface area contributed by atoms with Crippen molar-refractivity contribution >= 4 is 5.82 Å². The van der Waals surface area contributed by atoms with Crippen LogP contribution in [-0.4, -0.2) is 41.5 Å². The Balaban J connectivity index is 1.83. The summed E-state index contributed by atoms with van der Waals surface area (Å²) in [4.78, 5) is 10.7. The van der Waals surface area contributed by atoms with E-state index in [1.54, 1.807) is 13.0 Å². The summed E-state index contributed by atoms with van der Waals surface area (Å²) >= 11 is 0. The van der Waals surface area contributed by atoms with E-state index >= 15 is 0 Å². The zero-order valence-electron chi connectivity index (χ0n) is 11.0. The summed E-state index contributed by atoms with van der Waals surface area (Å²) in [6.07, 6.45) is 2.43. The smallest absolute Gasteiger partial charge is 0.146 e. The summed E-state index contributed by atoms with van der Waals surface area (Å²) in [7, 11) is 2.17. The number of hydrogen-bond acceptors (Lipinski definition) is 5. The van der Waals surface area contributed by atoms with E-state index in [1.807, 2.05) is 6.07 Å². The van der Waals surface area contributed by atoms with Crippen molar-refractivity contribution in [1.82, 2.24) is 14.9 Å². The first-order valence-corrected chi connectivity index (χ1v) is 6.35. The molecule has 0 aromatic carbocycles. The van der Waals surface area contributed by atoms with Crippen LogP contribution in [0.3, 0.4) is 0 Å². The fraction of sp³-hybridized carbons (Fsp3) is 0.615. The molecule has 2 heterocycles. The molecule has 1 atom stereocenters. The molecule has 2 rings (SSSR count). The SMILES string of the molecule is Cc1nc(C#N)cc(NCCC2CCN(C)C2)n1. The molecule has 1 aromatic heterocycles. The summed E-state index contributed by atoms with van der Waals surface area (Å²) in [5.41, 5.74) is 0.422. The molecule has 0 bridgehead atoms. The Kier molecular flexibility index (Phi) is 4.11. The Hall–Kier alpha value is -1.67. The average Bonchev–Trinajstić information content (AvgIpc) is 2.74. The van der Waals surface area contributed by atoms with Crippen LogP contribution in [0, 0.1) is 24.2 Å². The third kappa shape index (κ3) is 3.41. The highest BCUT2D eigenvalue weighted by Crippen LogP contribution is 2.17. The van der Waals surface area contributed by atoms with Crippen molar-refractivity contribution in [2.45, 2.75) is 19.8 Å². The molecule has 1 saturated heterocycles. The molecular weight excluding hydrogens is 226 g/mol. The molecule has 5 heteroatoms. The third-order valence-corrected chi connectivity index (χ3v) is 3.30. The van der Waals surface area contributed by atoms with Gasteiger partial charge in [0, 0.05) is 19.2 Å². The third-order valence-electron chi connectivity index (χ3n) is 3.30. The number of aromatic nitrogens is 2. The second-order valence-electron chi connectivity index (χ2n) is 4.93. The van der Waals surface area contributed by atoms with Crippen LogP contribution in [0.2, 0.25) is 0 Å². The van der Waals surface area contributed by atoms with E-state index in [-0.39, 0.29) is 0 Å². The lowest BCUT2D eigenvalue weighted by Gasteiger charge is -2.11. The van der Waals surface area contributed by atoms with E-state index in [0.29, 0.717) is 11.5 Å². The lowest BCUT2D eigenvalue weighted by atomic mass is 10.1. The van der Waals surface area contributed by atoms with Gasteiger partial charge in [0.1, 0.15) is 23.4 Å². The summed E-state index contributed by atoms with van der Waals surface area (Å²) < 4.78 is 0. The predicted molar refractivity (Wildman–Crippen MR) is 70.2 cm³/mol. The van der Waals surface area contributed by atoms with Gasteiger partial charge >= 0.3 is 0 Å². The molecule has 1 aromatic rings. The standard InChI is InChI=1S/C13H19N5/c1-10-16-12(8-14)7-13(17-10)15-5-3-11-4-6-18(2)9-11/h7,11H,3-6,9H2,1-2H3,(H,15,16,17). The van der Waals surface area contributed by atoms with Crippen LogP contribution in [0.1, 0.15) is 24.4 Å². The van der Waals surface area contributed by atoms with Gasteiger partial charge in [-0.3, -0.25) is 0 Å². The van der Waals surface area contributed by atoms with Crippen molar-refractivity contribution in [1.29, 1.82) is 5.26 Å². The van der Waals surface area contributed by atoms with E-state index in [1.165, 1.54) is 19.5 Å². The molecule has 1 fully saturated rings.